The van der Waals surface area contributed by atoms with Gasteiger partial charge >= 0.3 is 5.97 Å². The van der Waals surface area contributed by atoms with Crippen LogP contribution in [0.2, 0.25) is 0 Å². The van der Waals surface area contributed by atoms with Crippen LogP contribution < -0.4 is 0 Å². The van der Waals surface area contributed by atoms with E-state index in [1.165, 1.54) is 12.1 Å². The minimum Gasteiger partial charge on any atom is -0.481 e. The number of aliphatic carboxylic acids is 1. The predicted octanol–water partition coefficient (Wildman–Crippen LogP) is 1.56. The Hall–Kier alpha value is -1.42. The SMILES string of the molecule is CN(C)CC(C(=O)O)c1ccccc1F. The fourth-order valence-electron chi connectivity index (χ4n) is 1.43. The molecule has 1 atom stereocenters. The number of carbonyl (C=O) groups is 1. The molecule has 1 aromatic carbocycles. The Balaban J connectivity index is 2.99. The summed E-state index contributed by atoms with van der Waals surface area (Å²) in [5.41, 5.74) is 0.235. The van der Waals surface area contributed by atoms with Crippen LogP contribution in [-0.4, -0.2) is 36.6 Å². The number of carboxylic acids is 1. The average molecular weight is 211 g/mol. The van der Waals surface area contributed by atoms with Gasteiger partial charge in [-0.2, -0.15) is 0 Å². The van der Waals surface area contributed by atoms with Gasteiger partial charge in [-0.25, -0.2) is 4.39 Å². The molecule has 0 spiro atoms. The van der Waals surface area contributed by atoms with E-state index in [-0.39, 0.29) is 12.1 Å². The molecule has 0 saturated carbocycles. The summed E-state index contributed by atoms with van der Waals surface area (Å²) < 4.78 is 13.4. The molecule has 0 aliphatic rings. The van der Waals surface area contributed by atoms with Crippen LogP contribution in [0.4, 0.5) is 4.39 Å². The van der Waals surface area contributed by atoms with Crippen LogP contribution in [0.1, 0.15) is 11.5 Å². The molecule has 1 aromatic rings. The second-order valence-electron chi connectivity index (χ2n) is 3.67. The van der Waals surface area contributed by atoms with Crippen LogP contribution in [0, 0.1) is 5.82 Å². The maximum absolute atomic E-state index is 13.4. The molecule has 0 heterocycles. The lowest BCUT2D eigenvalue weighted by atomic mass is 9.98. The summed E-state index contributed by atoms with van der Waals surface area (Å²) in [5, 5.41) is 9.01. The smallest absolute Gasteiger partial charge is 0.312 e. The van der Waals surface area contributed by atoms with Gasteiger partial charge in [-0.3, -0.25) is 4.79 Å². The molecule has 0 aliphatic heterocycles. The van der Waals surface area contributed by atoms with Gasteiger partial charge in [-0.05, 0) is 20.2 Å². The molecule has 4 heteroatoms. The van der Waals surface area contributed by atoms with Gasteiger partial charge in [0.1, 0.15) is 5.82 Å². The van der Waals surface area contributed by atoms with Gasteiger partial charge in [-0.15, -0.1) is 0 Å². The molecule has 0 amide bonds. The summed E-state index contributed by atoms with van der Waals surface area (Å²) in [7, 11) is 3.52. The van der Waals surface area contributed by atoms with Crippen LogP contribution in [0.15, 0.2) is 24.3 Å². The van der Waals surface area contributed by atoms with Gasteiger partial charge in [0.15, 0.2) is 0 Å². The van der Waals surface area contributed by atoms with Crippen molar-refractivity contribution in [2.75, 3.05) is 20.6 Å². The minimum atomic E-state index is -1.01. The zero-order chi connectivity index (χ0) is 11.4. The summed E-state index contributed by atoms with van der Waals surface area (Å²) >= 11 is 0. The molecule has 0 bridgehead atoms. The molecule has 1 N–H and O–H groups in total. The van der Waals surface area contributed by atoms with Crippen molar-refractivity contribution >= 4 is 5.97 Å². The van der Waals surface area contributed by atoms with Crippen LogP contribution in [0.25, 0.3) is 0 Å². The molecule has 0 aromatic heterocycles. The largest absolute Gasteiger partial charge is 0.481 e. The van der Waals surface area contributed by atoms with Gasteiger partial charge in [0.2, 0.25) is 0 Å². The van der Waals surface area contributed by atoms with Gasteiger partial charge in [0.05, 0.1) is 5.92 Å². The van der Waals surface area contributed by atoms with Crippen LogP contribution >= 0.6 is 0 Å². The summed E-state index contributed by atoms with van der Waals surface area (Å²) in [6.45, 7) is 0.288. The maximum Gasteiger partial charge on any atom is 0.312 e. The highest BCUT2D eigenvalue weighted by atomic mass is 19.1. The van der Waals surface area contributed by atoms with E-state index in [1.807, 2.05) is 0 Å². The Morgan fingerprint density at radius 3 is 2.53 bits per heavy atom. The number of nitrogens with zero attached hydrogens (tertiary/aromatic N) is 1. The van der Waals surface area contributed by atoms with Gasteiger partial charge in [0, 0.05) is 12.1 Å². The Kier molecular flexibility index (Phi) is 3.80. The van der Waals surface area contributed by atoms with Crippen molar-refractivity contribution in [1.82, 2.24) is 4.90 Å². The first kappa shape index (κ1) is 11.7. The molecule has 3 nitrogen and oxygen atoms in total. The Bertz CT molecular complexity index is 352. The molecular formula is C11H14FNO2. The third-order valence-electron chi connectivity index (χ3n) is 2.13. The minimum absolute atomic E-state index is 0.235. The molecule has 1 rings (SSSR count). The highest BCUT2D eigenvalue weighted by Gasteiger charge is 2.23. The van der Waals surface area contributed by atoms with Crippen LogP contribution in [-0.2, 0) is 4.79 Å². The first-order valence-corrected chi connectivity index (χ1v) is 4.64. The van der Waals surface area contributed by atoms with E-state index < -0.39 is 17.7 Å². The van der Waals surface area contributed by atoms with E-state index in [1.54, 1.807) is 31.1 Å². The number of hydrogen-bond donors (Lipinski definition) is 1. The van der Waals surface area contributed by atoms with Crippen molar-refractivity contribution in [2.45, 2.75) is 5.92 Å². The van der Waals surface area contributed by atoms with Crippen molar-refractivity contribution < 1.29 is 14.3 Å². The lowest BCUT2D eigenvalue weighted by Crippen LogP contribution is -2.26. The second kappa shape index (κ2) is 4.89. The predicted molar refractivity (Wildman–Crippen MR) is 55.3 cm³/mol. The number of rotatable bonds is 4. The number of hydrogen-bond acceptors (Lipinski definition) is 2. The Labute approximate surface area is 88.1 Å². The van der Waals surface area contributed by atoms with Gasteiger partial charge < -0.3 is 10.0 Å². The molecule has 82 valence electrons. The highest BCUT2D eigenvalue weighted by Crippen LogP contribution is 2.19. The quantitative estimate of drug-likeness (QED) is 0.821. The monoisotopic (exact) mass is 211 g/mol. The number of likely N-dealkylation sites (N-methyl/N-ethyl adjacent to an activating group) is 1. The van der Waals surface area contributed by atoms with E-state index in [0.717, 1.165) is 0 Å². The normalized spacial score (nSPS) is 12.8. The second-order valence-corrected chi connectivity index (χ2v) is 3.67. The van der Waals surface area contributed by atoms with E-state index in [9.17, 15) is 9.18 Å². The third-order valence-corrected chi connectivity index (χ3v) is 2.13. The topological polar surface area (TPSA) is 40.5 Å². The lowest BCUT2D eigenvalue weighted by molar-refractivity contribution is -0.139. The number of halogens is 1. The fraction of sp³-hybridized carbons (Fsp3) is 0.364. The first-order valence-electron chi connectivity index (χ1n) is 4.64. The van der Waals surface area contributed by atoms with E-state index >= 15 is 0 Å². The summed E-state index contributed by atoms with van der Waals surface area (Å²) in [4.78, 5) is 12.7. The Morgan fingerprint density at radius 1 is 1.47 bits per heavy atom. The lowest BCUT2D eigenvalue weighted by Gasteiger charge is -2.17. The standard InChI is InChI=1S/C11H14FNO2/c1-13(2)7-9(11(14)15)8-5-3-4-6-10(8)12/h3-6,9H,7H2,1-2H3,(H,14,15). The van der Waals surface area contributed by atoms with E-state index in [4.69, 9.17) is 5.11 Å². The van der Waals surface area contributed by atoms with E-state index in [2.05, 4.69) is 0 Å². The molecular weight excluding hydrogens is 197 g/mol. The van der Waals surface area contributed by atoms with Crippen molar-refractivity contribution in [2.24, 2.45) is 0 Å². The van der Waals surface area contributed by atoms with Crippen molar-refractivity contribution in [1.29, 1.82) is 0 Å². The third kappa shape index (κ3) is 3.02. The number of carboxylic acid groups (broad SMARTS) is 1. The first-order chi connectivity index (χ1) is 7.02. The molecule has 1 unspecified atom stereocenters. The van der Waals surface area contributed by atoms with Crippen LogP contribution in [0.5, 0.6) is 0 Å². The highest BCUT2D eigenvalue weighted by molar-refractivity contribution is 5.76. The molecule has 0 saturated heterocycles. The van der Waals surface area contributed by atoms with Crippen molar-refractivity contribution in [3.63, 3.8) is 0 Å². The summed E-state index contributed by atoms with van der Waals surface area (Å²) in [5.74, 6) is -2.29. The molecule has 15 heavy (non-hydrogen) atoms. The van der Waals surface area contributed by atoms with Gasteiger partial charge in [0.25, 0.3) is 0 Å². The van der Waals surface area contributed by atoms with Gasteiger partial charge in [-0.1, -0.05) is 18.2 Å². The molecule has 0 radical (unpaired) electrons. The summed E-state index contributed by atoms with van der Waals surface area (Å²) in [6, 6.07) is 5.98. The molecule has 0 aliphatic carbocycles. The zero-order valence-corrected chi connectivity index (χ0v) is 8.77. The van der Waals surface area contributed by atoms with E-state index in [0.29, 0.717) is 0 Å². The maximum atomic E-state index is 13.4. The Morgan fingerprint density at radius 2 is 2.07 bits per heavy atom. The van der Waals surface area contributed by atoms with Crippen LogP contribution in [0.3, 0.4) is 0 Å². The number of benzene rings is 1. The van der Waals surface area contributed by atoms with Crippen molar-refractivity contribution in [3.8, 4) is 0 Å². The zero-order valence-electron chi connectivity index (χ0n) is 8.77. The summed E-state index contributed by atoms with van der Waals surface area (Å²) in [6.07, 6.45) is 0. The fourth-order valence-corrected chi connectivity index (χ4v) is 1.43. The van der Waals surface area contributed by atoms with Crippen molar-refractivity contribution in [3.05, 3.63) is 35.6 Å². The average Bonchev–Trinajstić information content (AvgIpc) is 2.15. The molecule has 0 fully saturated rings.